The van der Waals surface area contributed by atoms with Crippen molar-refractivity contribution in [2.24, 2.45) is 0 Å². The number of methoxy groups -OCH3 is 1. The van der Waals surface area contributed by atoms with Gasteiger partial charge in [-0.15, -0.1) is 0 Å². The maximum absolute atomic E-state index is 12.6. The topological polar surface area (TPSA) is 52.3 Å². The molecule has 2 aromatic carbocycles. The summed E-state index contributed by atoms with van der Waals surface area (Å²) in [7, 11) is 1.27. The van der Waals surface area contributed by atoms with E-state index in [2.05, 4.69) is 5.16 Å². The number of halogens is 3. The standard InChI is InChI=1S/C18H12F3NO3/c1-24-17(23)14-5-3-2-4-13(14)16-10-15(22-25-16)11-6-8-12(9-7-11)18(19,20)21/h2-10H,1H3. The first kappa shape index (κ1) is 16.8. The number of alkyl halides is 3. The first-order valence-corrected chi connectivity index (χ1v) is 7.22. The van der Waals surface area contributed by atoms with E-state index < -0.39 is 17.7 Å². The summed E-state index contributed by atoms with van der Waals surface area (Å²) in [4.78, 5) is 11.8. The highest BCUT2D eigenvalue weighted by Crippen LogP contribution is 2.32. The summed E-state index contributed by atoms with van der Waals surface area (Å²) in [6.07, 6.45) is -4.40. The van der Waals surface area contributed by atoms with E-state index in [0.717, 1.165) is 12.1 Å². The molecule has 4 nitrogen and oxygen atoms in total. The third-order valence-corrected chi connectivity index (χ3v) is 3.62. The Labute approximate surface area is 140 Å². The molecule has 0 atom stereocenters. The molecule has 0 aliphatic heterocycles. The van der Waals surface area contributed by atoms with Gasteiger partial charge in [-0.2, -0.15) is 13.2 Å². The Balaban J connectivity index is 1.95. The maximum atomic E-state index is 12.6. The molecule has 128 valence electrons. The molecule has 0 spiro atoms. The van der Waals surface area contributed by atoms with Gasteiger partial charge in [0.2, 0.25) is 0 Å². The van der Waals surface area contributed by atoms with Crippen molar-refractivity contribution in [1.29, 1.82) is 0 Å². The molecule has 1 aromatic heterocycles. The molecule has 3 rings (SSSR count). The number of esters is 1. The van der Waals surface area contributed by atoms with Gasteiger partial charge in [0.05, 0.1) is 18.2 Å². The number of carbonyl (C=O) groups is 1. The van der Waals surface area contributed by atoms with Gasteiger partial charge in [0.15, 0.2) is 5.76 Å². The van der Waals surface area contributed by atoms with E-state index in [1.54, 1.807) is 30.3 Å². The lowest BCUT2D eigenvalue weighted by Crippen LogP contribution is -2.03. The van der Waals surface area contributed by atoms with Crippen LogP contribution >= 0.6 is 0 Å². The van der Waals surface area contributed by atoms with Gasteiger partial charge in [-0.25, -0.2) is 4.79 Å². The van der Waals surface area contributed by atoms with Crippen LogP contribution in [0.3, 0.4) is 0 Å². The fourth-order valence-electron chi connectivity index (χ4n) is 2.35. The molecule has 7 heteroatoms. The lowest BCUT2D eigenvalue weighted by molar-refractivity contribution is -0.137. The quantitative estimate of drug-likeness (QED) is 0.638. The number of aromatic nitrogens is 1. The van der Waals surface area contributed by atoms with Gasteiger partial charge in [-0.1, -0.05) is 35.5 Å². The smallest absolute Gasteiger partial charge is 0.416 e. The van der Waals surface area contributed by atoms with E-state index >= 15 is 0 Å². The first-order valence-electron chi connectivity index (χ1n) is 7.22. The zero-order valence-electron chi connectivity index (χ0n) is 13.0. The average molecular weight is 347 g/mol. The largest absolute Gasteiger partial charge is 0.465 e. The molecule has 0 aliphatic carbocycles. The minimum atomic E-state index is -4.40. The van der Waals surface area contributed by atoms with Crippen molar-refractivity contribution in [2.75, 3.05) is 7.11 Å². The Morgan fingerprint density at radius 2 is 1.76 bits per heavy atom. The van der Waals surface area contributed by atoms with Crippen molar-refractivity contribution in [1.82, 2.24) is 5.16 Å². The van der Waals surface area contributed by atoms with Crippen LogP contribution in [0.5, 0.6) is 0 Å². The van der Waals surface area contributed by atoms with Crippen LogP contribution in [-0.2, 0) is 10.9 Å². The van der Waals surface area contributed by atoms with Gasteiger partial charge >= 0.3 is 12.1 Å². The summed E-state index contributed by atoms with van der Waals surface area (Å²) >= 11 is 0. The van der Waals surface area contributed by atoms with Crippen LogP contribution in [0.4, 0.5) is 13.2 Å². The number of benzene rings is 2. The zero-order valence-corrected chi connectivity index (χ0v) is 13.0. The number of hydrogen-bond acceptors (Lipinski definition) is 4. The Hall–Kier alpha value is -3.09. The lowest BCUT2D eigenvalue weighted by atomic mass is 10.0. The monoisotopic (exact) mass is 347 g/mol. The second-order valence-electron chi connectivity index (χ2n) is 5.19. The van der Waals surface area contributed by atoms with Crippen molar-refractivity contribution in [3.05, 3.63) is 65.7 Å². The molecule has 25 heavy (non-hydrogen) atoms. The van der Waals surface area contributed by atoms with Crippen molar-refractivity contribution in [3.63, 3.8) is 0 Å². The van der Waals surface area contributed by atoms with Crippen LogP contribution in [-0.4, -0.2) is 18.2 Å². The predicted molar refractivity (Wildman–Crippen MR) is 83.7 cm³/mol. The summed E-state index contributed by atoms with van der Waals surface area (Å²) in [5.74, 6) is -0.209. The molecule has 0 radical (unpaired) electrons. The fraction of sp³-hybridized carbons (Fsp3) is 0.111. The molecular weight excluding hydrogens is 335 g/mol. The highest BCUT2D eigenvalue weighted by Gasteiger charge is 2.30. The fourth-order valence-corrected chi connectivity index (χ4v) is 2.35. The van der Waals surface area contributed by atoms with E-state index in [9.17, 15) is 18.0 Å². The second kappa shape index (κ2) is 6.43. The van der Waals surface area contributed by atoms with Crippen LogP contribution in [0.2, 0.25) is 0 Å². The molecule has 0 fully saturated rings. The molecule has 0 saturated carbocycles. The van der Waals surface area contributed by atoms with Crippen molar-refractivity contribution >= 4 is 5.97 Å². The Morgan fingerprint density at radius 1 is 1.08 bits per heavy atom. The van der Waals surface area contributed by atoms with Gasteiger partial charge in [0.25, 0.3) is 0 Å². The van der Waals surface area contributed by atoms with Crippen LogP contribution in [0.25, 0.3) is 22.6 Å². The number of rotatable bonds is 3. The number of carbonyl (C=O) groups excluding carboxylic acids is 1. The van der Waals surface area contributed by atoms with E-state index in [0.29, 0.717) is 28.1 Å². The molecule has 1 heterocycles. The minimum Gasteiger partial charge on any atom is -0.465 e. The van der Waals surface area contributed by atoms with Gasteiger partial charge in [0.1, 0.15) is 5.69 Å². The molecule has 3 aromatic rings. The summed E-state index contributed by atoms with van der Waals surface area (Å²) in [6.45, 7) is 0. The summed E-state index contributed by atoms with van der Waals surface area (Å²) in [5.41, 5.74) is 0.887. The first-order chi connectivity index (χ1) is 11.9. The average Bonchev–Trinajstić information content (AvgIpc) is 3.10. The van der Waals surface area contributed by atoms with E-state index in [4.69, 9.17) is 9.26 Å². The maximum Gasteiger partial charge on any atom is 0.416 e. The molecule has 0 N–H and O–H groups in total. The third-order valence-electron chi connectivity index (χ3n) is 3.62. The van der Waals surface area contributed by atoms with Crippen LogP contribution in [0, 0.1) is 0 Å². The normalized spacial score (nSPS) is 11.4. The van der Waals surface area contributed by atoms with Gasteiger partial charge in [-0.3, -0.25) is 0 Å². The van der Waals surface area contributed by atoms with Crippen molar-refractivity contribution < 1.29 is 27.2 Å². The summed E-state index contributed by atoms with van der Waals surface area (Å²) in [6, 6.07) is 12.8. The van der Waals surface area contributed by atoms with Crippen LogP contribution in [0.15, 0.2) is 59.1 Å². The minimum absolute atomic E-state index is 0.306. The molecule has 0 unspecified atom stereocenters. The Kier molecular flexibility index (Phi) is 4.31. The lowest BCUT2D eigenvalue weighted by Gasteiger charge is -2.06. The zero-order chi connectivity index (χ0) is 18.0. The summed E-state index contributed by atoms with van der Waals surface area (Å²) in [5, 5.41) is 3.87. The van der Waals surface area contributed by atoms with E-state index in [1.807, 2.05) is 0 Å². The van der Waals surface area contributed by atoms with Crippen LogP contribution < -0.4 is 0 Å². The van der Waals surface area contributed by atoms with Gasteiger partial charge < -0.3 is 9.26 Å². The van der Waals surface area contributed by atoms with Crippen molar-refractivity contribution in [3.8, 4) is 22.6 Å². The van der Waals surface area contributed by atoms with Gasteiger partial charge in [-0.05, 0) is 18.2 Å². The van der Waals surface area contributed by atoms with Crippen molar-refractivity contribution in [2.45, 2.75) is 6.18 Å². The summed E-state index contributed by atoms with van der Waals surface area (Å²) < 4.78 is 47.9. The van der Waals surface area contributed by atoms with E-state index in [-0.39, 0.29) is 0 Å². The molecule has 0 saturated heterocycles. The van der Waals surface area contributed by atoms with E-state index in [1.165, 1.54) is 19.2 Å². The van der Waals surface area contributed by atoms with Crippen LogP contribution in [0.1, 0.15) is 15.9 Å². The SMILES string of the molecule is COC(=O)c1ccccc1-c1cc(-c2ccc(C(F)(F)F)cc2)no1. The predicted octanol–water partition coefficient (Wildman–Crippen LogP) is 4.81. The molecular formula is C18H12F3NO3. The Morgan fingerprint density at radius 3 is 2.40 bits per heavy atom. The molecule has 0 aliphatic rings. The second-order valence-corrected chi connectivity index (χ2v) is 5.19. The Bertz CT molecular complexity index is 898. The highest BCUT2D eigenvalue weighted by molar-refractivity contribution is 5.96. The number of ether oxygens (including phenoxy) is 1. The van der Waals surface area contributed by atoms with Gasteiger partial charge in [0, 0.05) is 17.2 Å². The molecule has 0 amide bonds. The molecule has 0 bridgehead atoms. The third kappa shape index (κ3) is 3.40. The highest BCUT2D eigenvalue weighted by atomic mass is 19.4. The number of nitrogens with zero attached hydrogens (tertiary/aromatic N) is 1. The number of hydrogen-bond donors (Lipinski definition) is 0.